The van der Waals surface area contributed by atoms with Crippen LogP contribution in [-0.4, -0.2) is 29.1 Å². The van der Waals surface area contributed by atoms with Gasteiger partial charge in [0.05, 0.1) is 0 Å². The number of carboxylic acid groups (broad SMARTS) is 1. The van der Waals surface area contributed by atoms with E-state index in [0.29, 0.717) is 11.4 Å². The van der Waals surface area contributed by atoms with Gasteiger partial charge in [0.1, 0.15) is 11.4 Å². The number of aromatic carboxylic acids is 1. The maximum Gasteiger partial charge on any atom is 0.339 e. The lowest BCUT2D eigenvalue weighted by molar-refractivity contribution is 0.0697. The number of fused-ring (bicyclic) bond motifs is 1. The number of hydrogen-bond donors (Lipinski definition) is 1. The molecule has 1 aromatic rings. The summed E-state index contributed by atoms with van der Waals surface area (Å²) >= 11 is 0. The Morgan fingerprint density at radius 1 is 1.32 bits per heavy atom. The van der Waals surface area contributed by atoms with Crippen LogP contribution in [-0.2, 0) is 12.8 Å². The molecule has 0 fully saturated rings. The van der Waals surface area contributed by atoms with Gasteiger partial charge in [-0.15, -0.1) is 0 Å². The van der Waals surface area contributed by atoms with Crippen molar-refractivity contribution in [2.45, 2.75) is 46.0 Å². The van der Waals surface area contributed by atoms with Gasteiger partial charge in [0.15, 0.2) is 0 Å². The number of carbonyl (C=O) groups is 1. The topological polar surface area (TPSA) is 53.4 Å². The summed E-state index contributed by atoms with van der Waals surface area (Å²) < 4.78 is 0. The van der Waals surface area contributed by atoms with Gasteiger partial charge in [0, 0.05) is 18.8 Å². The van der Waals surface area contributed by atoms with Gasteiger partial charge in [-0.1, -0.05) is 13.8 Å². The molecule has 0 atom stereocenters. The summed E-state index contributed by atoms with van der Waals surface area (Å²) in [6.07, 6.45) is 5.03. The van der Waals surface area contributed by atoms with E-state index in [2.05, 4.69) is 23.7 Å². The third-order valence-electron chi connectivity index (χ3n) is 3.55. The zero-order chi connectivity index (χ0) is 13.8. The normalized spacial score (nSPS) is 13.4. The smallest absolute Gasteiger partial charge is 0.339 e. The number of pyridine rings is 1. The number of rotatable bonds is 6. The first-order valence-electron chi connectivity index (χ1n) is 7.18. The fourth-order valence-electron chi connectivity index (χ4n) is 2.72. The molecule has 1 aliphatic rings. The SMILES string of the molecule is CCCN(CCC)c1nc2c(cc1C(=O)O)CCC2. The zero-order valence-electron chi connectivity index (χ0n) is 11.8. The standard InChI is InChI=1S/C15H22N2O2/c1-3-8-17(9-4-2)14-12(15(18)19)10-11-6-5-7-13(11)16-14/h10H,3-9H2,1-2H3,(H,18,19). The molecule has 0 aliphatic heterocycles. The molecule has 0 unspecified atom stereocenters. The summed E-state index contributed by atoms with van der Waals surface area (Å²) in [5, 5.41) is 9.42. The number of carboxylic acids is 1. The van der Waals surface area contributed by atoms with Crippen molar-refractivity contribution >= 4 is 11.8 Å². The fraction of sp³-hybridized carbons (Fsp3) is 0.600. The Kier molecular flexibility index (Phi) is 4.40. The monoisotopic (exact) mass is 262 g/mol. The lowest BCUT2D eigenvalue weighted by Crippen LogP contribution is -2.28. The Morgan fingerprint density at radius 2 is 2.00 bits per heavy atom. The minimum Gasteiger partial charge on any atom is -0.478 e. The van der Waals surface area contributed by atoms with E-state index < -0.39 is 5.97 Å². The van der Waals surface area contributed by atoms with E-state index in [-0.39, 0.29) is 0 Å². The van der Waals surface area contributed by atoms with Crippen LogP contribution in [0.4, 0.5) is 5.82 Å². The van der Waals surface area contributed by atoms with Crippen LogP contribution in [0.5, 0.6) is 0 Å². The third-order valence-corrected chi connectivity index (χ3v) is 3.55. The van der Waals surface area contributed by atoms with E-state index in [1.54, 1.807) is 0 Å². The largest absolute Gasteiger partial charge is 0.478 e. The molecule has 1 aromatic heterocycles. The van der Waals surface area contributed by atoms with Gasteiger partial charge in [-0.05, 0) is 43.7 Å². The Morgan fingerprint density at radius 3 is 2.58 bits per heavy atom. The quantitative estimate of drug-likeness (QED) is 0.856. The highest BCUT2D eigenvalue weighted by molar-refractivity contribution is 5.93. The third kappa shape index (κ3) is 2.88. The molecule has 1 aliphatic carbocycles. The van der Waals surface area contributed by atoms with Crippen molar-refractivity contribution in [2.24, 2.45) is 0 Å². The van der Waals surface area contributed by atoms with Crippen LogP contribution in [0.15, 0.2) is 6.07 Å². The molecular weight excluding hydrogens is 240 g/mol. The Balaban J connectivity index is 2.43. The van der Waals surface area contributed by atoms with Crippen LogP contribution in [0.2, 0.25) is 0 Å². The van der Waals surface area contributed by atoms with Crippen LogP contribution >= 0.6 is 0 Å². The van der Waals surface area contributed by atoms with Crippen molar-refractivity contribution in [2.75, 3.05) is 18.0 Å². The van der Waals surface area contributed by atoms with Crippen molar-refractivity contribution in [3.8, 4) is 0 Å². The van der Waals surface area contributed by atoms with Crippen LogP contribution in [0.25, 0.3) is 0 Å². The highest BCUT2D eigenvalue weighted by Gasteiger charge is 2.22. The minimum atomic E-state index is -0.866. The predicted octanol–water partition coefficient (Wildman–Crippen LogP) is 2.89. The van der Waals surface area contributed by atoms with Gasteiger partial charge >= 0.3 is 5.97 Å². The van der Waals surface area contributed by atoms with E-state index in [4.69, 9.17) is 0 Å². The van der Waals surface area contributed by atoms with Crippen molar-refractivity contribution in [3.05, 3.63) is 22.9 Å². The molecule has 4 nitrogen and oxygen atoms in total. The first kappa shape index (κ1) is 13.8. The minimum absolute atomic E-state index is 0.363. The molecule has 1 N–H and O–H groups in total. The molecule has 0 radical (unpaired) electrons. The summed E-state index contributed by atoms with van der Waals surface area (Å²) in [5.74, 6) is -0.203. The molecule has 0 spiro atoms. The molecule has 4 heteroatoms. The number of hydrogen-bond acceptors (Lipinski definition) is 3. The Hall–Kier alpha value is -1.58. The average Bonchev–Trinajstić information content (AvgIpc) is 2.84. The highest BCUT2D eigenvalue weighted by Crippen LogP contribution is 2.27. The van der Waals surface area contributed by atoms with Crippen LogP contribution in [0.1, 0.15) is 54.7 Å². The van der Waals surface area contributed by atoms with E-state index in [9.17, 15) is 9.90 Å². The number of aromatic nitrogens is 1. The van der Waals surface area contributed by atoms with Crippen LogP contribution in [0.3, 0.4) is 0 Å². The summed E-state index contributed by atoms with van der Waals surface area (Å²) in [6, 6.07) is 1.84. The summed E-state index contributed by atoms with van der Waals surface area (Å²) in [5.41, 5.74) is 2.58. The molecule has 0 saturated heterocycles. The van der Waals surface area contributed by atoms with Crippen molar-refractivity contribution < 1.29 is 9.90 Å². The second-order valence-corrected chi connectivity index (χ2v) is 5.11. The van der Waals surface area contributed by atoms with Crippen molar-refractivity contribution in [3.63, 3.8) is 0 Å². The molecule has 0 bridgehead atoms. The molecule has 0 amide bonds. The molecule has 2 rings (SSSR count). The summed E-state index contributed by atoms with van der Waals surface area (Å²) in [4.78, 5) is 18.2. The zero-order valence-corrected chi connectivity index (χ0v) is 11.8. The average molecular weight is 262 g/mol. The van der Waals surface area contributed by atoms with Gasteiger partial charge in [-0.2, -0.15) is 0 Å². The van der Waals surface area contributed by atoms with Crippen LogP contribution in [0, 0.1) is 0 Å². The van der Waals surface area contributed by atoms with E-state index in [1.165, 1.54) is 0 Å². The second-order valence-electron chi connectivity index (χ2n) is 5.11. The first-order chi connectivity index (χ1) is 9.17. The van der Waals surface area contributed by atoms with E-state index in [0.717, 1.165) is 56.5 Å². The maximum absolute atomic E-state index is 11.5. The number of anilines is 1. The summed E-state index contributed by atoms with van der Waals surface area (Å²) in [6.45, 7) is 5.94. The van der Waals surface area contributed by atoms with Gasteiger partial charge < -0.3 is 10.0 Å². The van der Waals surface area contributed by atoms with Gasteiger partial charge in [0.25, 0.3) is 0 Å². The Bertz CT molecular complexity index is 465. The molecule has 104 valence electrons. The summed E-state index contributed by atoms with van der Waals surface area (Å²) in [7, 11) is 0. The highest BCUT2D eigenvalue weighted by atomic mass is 16.4. The van der Waals surface area contributed by atoms with E-state index >= 15 is 0 Å². The molecule has 1 heterocycles. The maximum atomic E-state index is 11.5. The van der Waals surface area contributed by atoms with Gasteiger partial charge in [0.2, 0.25) is 0 Å². The molecular formula is C15H22N2O2. The lowest BCUT2D eigenvalue weighted by Gasteiger charge is -2.24. The molecule has 0 aromatic carbocycles. The van der Waals surface area contributed by atoms with Crippen molar-refractivity contribution in [1.82, 2.24) is 4.98 Å². The van der Waals surface area contributed by atoms with Gasteiger partial charge in [-0.3, -0.25) is 0 Å². The first-order valence-corrected chi connectivity index (χ1v) is 7.18. The molecule has 0 saturated carbocycles. The Labute approximate surface area is 114 Å². The lowest BCUT2D eigenvalue weighted by atomic mass is 10.1. The van der Waals surface area contributed by atoms with Crippen LogP contribution < -0.4 is 4.90 Å². The van der Waals surface area contributed by atoms with Crippen molar-refractivity contribution in [1.29, 1.82) is 0 Å². The second kappa shape index (κ2) is 6.04. The number of aryl methyl sites for hydroxylation is 2. The van der Waals surface area contributed by atoms with E-state index in [1.807, 2.05) is 6.07 Å². The van der Waals surface area contributed by atoms with Gasteiger partial charge in [-0.25, -0.2) is 9.78 Å². The predicted molar refractivity (Wildman–Crippen MR) is 76.0 cm³/mol. The molecule has 19 heavy (non-hydrogen) atoms. The number of nitrogens with zero attached hydrogens (tertiary/aromatic N) is 2. The fourth-order valence-corrected chi connectivity index (χ4v) is 2.72.